The second-order valence-electron chi connectivity index (χ2n) is 5.28. The minimum Gasteiger partial charge on any atom is -0.454 e. The van der Waals surface area contributed by atoms with Gasteiger partial charge in [-0.1, -0.05) is 6.07 Å². The van der Waals surface area contributed by atoms with E-state index in [1.54, 1.807) is 19.5 Å². The summed E-state index contributed by atoms with van der Waals surface area (Å²) in [5, 5.41) is 5.92. The third-order valence-electron chi connectivity index (χ3n) is 3.70. The molecule has 0 amide bonds. The Morgan fingerprint density at radius 3 is 3.00 bits per heavy atom. The van der Waals surface area contributed by atoms with Gasteiger partial charge in [-0.25, -0.2) is 15.0 Å². The van der Waals surface area contributed by atoms with Crippen LogP contribution < -0.4 is 14.8 Å². The molecule has 7 nitrogen and oxygen atoms in total. The first kappa shape index (κ1) is 15.8. The maximum absolute atomic E-state index is 5.48. The number of rotatable bonds is 6. The van der Waals surface area contributed by atoms with Crippen LogP contribution in [0.4, 0.5) is 5.95 Å². The summed E-state index contributed by atoms with van der Waals surface area (Å²) in [5.74, 6) is 2.02. The fraction of sp³-hybridized carbons (Fsp3) is 0.235. The van der Waals surface area contributed by atoms with Crippen LogP contribution in [0.1, 0.15) is 0 Å². The number of hydrogen-bond donors (Lipinski definition) is 1. The third kappa shape index (κ3) is 3.26. The highest BCUT2D eigenvalue weighted by molar-refractivity contribution is 7.13. The van der Waals surface area contributed by atoms with E-state index in [9.17, 15) is 0 Å². The monoisotopic (exact) mass is 356 g/mol. The van der Waals surface area contributed by atoms with Crippen molar-refractivity contribution in [2.24, 2.45) is 0 Å². The summed E-state index contributed by atoms with van der Waals surface area (Å²) in [5.41, 5.74) is 2.63. The predicted molar refractivity (Wildman–Crippen MR) is 95.1 cm³/mol. The minimum absolute atomic E-state index is 0.247. The summed E-state index contributed by atoms with van der Waals surface area (Å²) >= 11 is 1.54. The van der Waals surface area contributed by atoms with E-state index in [1.165, 1.54) is 11.3 Å². The molecule has 0 atom stereocenters. The van der Waals surface area contributed by atoms with Crippen LogP contribution in [0.5, 0.6) is 11.5 Å². The van der Waals surface area contributed by atoms with Gasteiger partial charge in [-0.3, -0.25) is 0 Å². The van der Waals surface area contributed by atoms with Crippen LogP contribution in [0, 0.1) is 0 Å². The summed E-state index contributed by atoms with van der Waals surface area (Å²) in [6.45, 7) is 1.47. The second kappa shape index (κ2) is 7.04. The Balaban J connectivity index is 1.73. The Morgan fingerprint density at radius 2 is 2.16 bits per heavy atom. The summed E-state index contributed by atoms with van der Waals surface area (Å²) in [7, 11) is 1.66. The lowest BCUT2D eigenvalue weighted by molar-refractivity contribution is 0.174. The third-order valence-corrected chi connectivity index (χ3v) is 4.48. The second-order valence-corrected chi connectivity index (χ2v) is 6.18. The molecule has 8 heteroatoms. The normalized spacial score (nSPS) is 12.4. The number of ether oxygens (including phenoxy) is 3. The molecule has 0 saturated carbocycles. The quantitative estimate of drug-likeness (QED) is 0.680. The molecule has 0 fully saturated rings. The van der Waals surface area contributed by atoms with Crippen LogP contribution in [0.3, 0.4) is 0 Å². The average Bonchev–Trinajstić information content (AvgIpc) is 3.33. The van der Waals surface area contributed by atoms with Gasteiger partial charge in [-0.2, -0.15) is 0 Å². The Bertz CT molecular complexity index is 870. The number of hydrogen-bond acceptors (Lipinski definition) is 8. The molecule has 0 bridgehead atoms. The standard InChI is InChI=1S/C17H16N4O3S/c1-22-6-4-19-17-20-9-12(15(21-17)16-18-5-7-25-16)11-2-3-13-14(8-11)24-10-23-13/h2-3,5,7-9H,4,6,10H2,1H3,(H,19,20,21). The molecule has 3 aromatic rings. The van der Waals surface area contributed by atoms with Gasteiger partial charge in [0.2, 0.25) is 12.7 Å². The molecule has 1 N–H and O–H groups in total. The maximum Gasteiger partial charge on any atom is 0.231 e. The Labute approximate surface area is 148 Å². The summed E-state index contributed by atoms with van der Waals surface area (Å²) in [6, 6.07) is 5.81. The fourth-order valence-corrected chi connectivity index (χ4v) is 3.15. The highest BCUT2D eigenvalue weighted by atomic mass is 32.1. The van der Waals surface area contributed by atoms with E-state index in [0.29, 0.717) is 19.1 Å². The van der Waals surface area contributed by atoms with Crippen molar-refractivity contribution in [1.82, 2.24) is 15.0 Å². The highest BCUT2D eigenvalue weighted by Gasteiger charge is 2.18. The first-order chi connectivity index (χ1) is 12.3. The number of methoxy groups -OCH3 is 1. The molecule has 1 aromatic carbocycles. The molecule has 1 aliphatic rings. The smallest absolute Gasteiger partial charge is 0.231 e. The number of fused-ring (bicyclic) bond motifs is 1. The van der Waals surface area contributed by atoms with Crippen LogP contribution in [0.15, 0.2) is 36.0 Å². The van der Waals surface area contributed by atoms with Crippen LogP contribution in [-0.2, 0) is 4.74 Å². The zero-order valence-corrected chi connectivity index (χ0v) is 14.4. The van der Waals surface area contributed by atoms with E-state index >= 15 is 0 Å². The van der Waals surface area contributed by atoms with Crippen molar-refractivity contribution in [3.05, 3.63) is 36.0 Å². The Hall–Kier alpha value is -2.71. The summed E-state index contributed by atoms with van der Waals surface area (Å²) in [6.07, 6.45) is 3.57. The number of nitrogens with one attached hydrogen (secondary N) is 1. The van der Waals surface area contributed by atoms with E-state index in [4.69, 9.17) is 14.2 Å². The molecule has 1 aliphatic heterocycles. The van der Waals surface area contributed by atoms with Crippen LogP contribution in [-0.4, -0.2) is 42.0 Å². The van der Waals surface area contributed by atoms with E-state index in [2.05, 4.69) is 20.3 Å². The lowest BCUT2D eigenvalue weighted by Gasteiger charge is -2.10. The number of thiazole rings is 1. The van der Waals surface area contributed by atoms with Crippen molar-refractivity contribution >= 4 is 17.3 Å². The van der Waals surface area contributed by atoms with Gasteiger partial charge in [0, 0.05) is 37.0 Å². The number of nitrogens with zero attached hydrogens (tertiary/aromatic N) is 3. The van der Waals surface area contributed by atoms with Crippen LogP contribution in [0.25, 0.3) is 21.8 Å². The lowest BCUT2D eigenvalue weighted by atomic mass is 10.1. The maximum atomic E-state index is 5.48. The predicted octanol–water partition coefficient (Wildman–Crippen LogP) is 3.05. The van der Waals surface area contributed by atoms with Gasteiger partial charge < -0.3 is 19.5 Å². The lowest BCUT2D eigenvalue weighted by Crippen LogP contribution is -2.10. The van der Waals surface area contributed by atoms with Crippen LogP contribution in [0.2, 0.25) is 0 Å². The van der Waals surface area contributed by atoms with Gasteiger partial charge in [0.1, 0.15) is 10.7 Å². The van der Waals surface area contributed by atoms with E-state index in [-0.39, 0.29) is 6.79 Å². The molecular weight excluding hydrogens is 340 g/mol. The molecule has 128 valence electrons. The van der Waals surface area contributed by atoms with Gasteiger partial charge in [0.25, 0.3) is 0 Å². The van der Waals surface area contributed by atoms with Gasteiger partial charge >= 0.3 is 0 Å². The topological polar surface area (TPSA) is 78.4 Å². The van der Waals surface area contributed by atoms with Crippen molar-refractivity contribution in [2.75, 3.05) is 32.4 Å². The molecule has 2 aromatic heterocycles. The molecule has 0 spiro atoms. The number of aromatic nitrogens is 3. The molecule has 0 radical (unpaired) electrons. The molecule has 0 unspecified atom stereocenters. The van der Waals surface area contributed by atoms with E-state index < -0.39 is 0 Å². The van der Waals surface area contributed by atoms with Gasteiger partial charge in [-0.15, -0.1) is 11.3 Å². The fourth-order valence-electron chi connectivity index (χ4n) is 2.51. The van der Waals surface area contributed by atoms with Crippen molar-refractivity contribution in [3.8, 4) is 33.3 Å². The molecule has 3 heterocycles. The van der Waals surface area contributed by atoms with Crippen molar-refractivity contribution in [3.63, 3.8) is 0 Å². The Morgan fingerprint density at radius 1 is 1.24 bits per heavy atom. The zero-order chi connectivity index (χ0) is 17.1. The van der Waals surface area contributed by atoms with Crippen molar-refractivity contribution < 1.29 is 14.2 Å². The number of anilines is 1. The first-order valence-electron chi connectivity index (χ1n) is 7.75. The summed E-state index contributed by atoms with van der Waals surface area (Å²) < 4.78 is 15.9. The van der Waals surface area contributed by atoms with Crippen molar-refractivity contribution in [2.45, 2.75) is 0 Å². The first-order valence-corrected chi connectivity index (χ1v) is 8.63. The highest BCUT2D eigenvalue weighted by Crippen LogP contribution is 2.38. The van der Waals surface area contributed by atoms with E-state index in [1.807, 2.05) is 23.6 Å². The molecule has 25 heavy (non-hydrogen) atoms. The van der Waals surface area contributed by atoms with Gasteiger partial charge in [0.05, 0.1) is 6.61 Å². The van der Waals surface area contributed by atoms with Crippen LogP contribution >= 0.6 is 11.3 Å². The van der Waals surface area contributed by atoms with E-state index in [0.717, 1.165) is 33.3 Å². The SMILES string of the molecule is COCCNc1ncc(-c2ccc3c(c2)OCO3)c(-c2nccs2)n1. The molecular formula is C17H16N4O3S. The minimum atomic E-state index is 0.247. The number of benzene rings is 1. The van der Waals surface area contributed by atoms with Gasteiger partial charge in [0.15, 0.2) is 11.5 Å². The Kier molecular flexibility index (Phi) is 4.45. The summed E-state index contributed by atoms with van der Waals surface area (Å²) in [4.78, 5) is 13.5. The molecule has 0 aliphatic carbocycles. The molecule has 0 saturated heterocycles. The average molecular weight is 356 g/mol. The zero-order valence-electron chi connectivity index (χ0n) is 13.6. The molecule has 4 rings (SSSR count). The van der Waals surface area contributed by atoms with Gasteiger partial charge in [-0.05, 0) is 17.7 Å². The largest absolute Gasteiger partial charge is 0.454 e. The van der Waals surface area contributed by atoms with Crippen molar-refractivity contribution in [1.29, 1.82) is 0 Å².